The smallest absolute Gasteiger partial charge is 0.232 e. The highest BCUT2D eigenvalue weighted by Gasteiger charge is 2.17. The topological polar surface area (TPSA) is 76.4 Å². The molecule has 0 radical (unpaired) electrons. The first-order valence-corrected chi connectivity index (χ1v) is 8.50. The van der Waals surface area contributed by atoms with Crippen LogP contribution in [0.2, 0.25) is 0 Å². The van der Waals surface area contributed by atoms with E-state index in [1.807, 2.05) is 13.0 Å². The van der Waals surface area contributed by atoms with Gasteiger partial charge in [0.25, 0.3) is 0 Å². The first-order valence-electron chi connectivity index (χ1n) is 6.02. The lowest BCUT2D eigenvalue weighted by molar-refractivity contribution is 0.246. The van der Waals surface area contributed by atoms with Gasteiger partial charge in [0.2, 0.25) is 9.05 Å². The summed E-state index contributed by atoms with van der Waals surface area (Å²) < 4.78 is 32.8. The fraction of sp³-hybridized carbons (Fsp3) is 0.462. The van der Waals surface area contributed by atoms with Crippen molar-refractivity contribution in [3.63, 3.8) is 0 Å². The van der Waals surface area contributed by atoms with E-state index in [1.54, 1.807) is 18.2 Å². The largest absolute Gasteiger partial charge is 0.493 e. The summed E-state index contributed by atoms with van der Waals surface area (Å²) in [6, 6.07) is 6.80. The van der Waals surface area contributed by atoms with Gasteiger partial charge >= 0.3 is 0 Å². The lowest BCUT2D eigenvalue weighted by atomic mass is 10.1. The minimum Gasteiger partial charge on any atom is -0.493 e. The molecule has 0 heterocycles. The summed E-state index contributed by atoms with van der Waals surface area (Å²) in [5.74, 6) is 0.575. The van der Waals surface area contributed by atoms with Crippen molar-refractivity contribution in [1.29, 1.82) is 5.26 Å². The Balaban J connectivity index is 2.76. The first kappa shape index (κ1) is 16.6. The number of halogens is 1. The first-order chi connectivity index (χ1) is 9.39. The maximum atomic E-state index is 11.1. The predicted molar refractivity (Wildman–Crippen MR) is 76.6 cm³/mol. The molecule has 1 aromatic rings. The number of hydrogen-bond acceptors (Lipinski definition) is 5. The fourth-order valence-electron chi connectivity index (χ4n) is 1.63. The molecule has 0 bridgehead atoms. The van der Waals surface area contributed by atoms with Crippen LogP contribution in [0.5, 0.6) is 11.5 Å². The molecule has 0 saturated carbocycles. The zero-order valence-electron chi connectivity index (χ0n) is 11.3. The van der Waals surface area contributed by atoms with Crippen molar-refractivity contribution in [3.8, 4) is 17.6 Å². The third-order valence-electron chi connectivity index (χ3n) is 2.78. The molecule has 0 aliphatic heterocycles. The molecule has 0 aliphatic carbocycles. The van der Waals surface area contributed by atoms with Crippen LogP contribution < -0.4 is 9.47 Å². The van der Waals surface area contributed by atoms with Gasteiger partial charge in [-0.25, -0.2) is 8.42 Å². The highest BCUT2D eigenvalue weighted by Crippen LogP contribution is 2.28. The SMILES string of the molecule is CCC(COc1ccc(C#N)cc1OC)CS(=O)(=O)Cl. The van der Waals surface area contributed by atoms with Crippen molar-refractivity contribution < 1.29 is 17.9 Å². The molecule has 20 heavy (non-hydrogen) atoms. The van der Waals surface area contributed by atoms with Gasteiger partial charge in [0.05, 0.1) is 31.1 Å². The molecule has 1 aromatic carbocycles. The van der Waals surface area contributed by atoms with Crippen LogP contribution in [0.1, 0.15) is 18.9 Å². The molecule has 1 rings (SSSR count). The summed E-state index contributed by atoms with van der Waals surface area (Å²) in [7, 11) is 3.17. The van der Waals surface area contributed by atoms with Gasteiger partial charge in [-0.3, -0.25) is 0 Å². The monoisotopic (exact) mass is 317 g/mol. The van der Waals surface area contributed by atoms with E-state index in [2.05, 4.69) is 0 Å². The second-order valence-electron chi connectivity index (χ2n) is 4.27. The highest BCUT2D eigenvalue weighted by molar-refractivity contribution is 8.13. The number of ether oxygens (including phenoxy) is 2. The van der Waals surface area contributed by atoms with Crippen LogP contribution >= 0.6 is 10.7 Å². The number of methoxy groups -OCH3 is 1. The highest BCUT2D eigenvalue weighted by atomic mass is 35.7. The Labute approximate surface area is 123 Å². The third-order valence-corrected chi connectivity index (χ3v) is 4.03. The van der Waals surface area contributed by atoms with Crippen LogP contribution in [0.3, 0.4) is 0 Å². The second-order valence-corrected chi connectivity index (χ2v) is 7.09. The molecule has 0 fully saturated rings. The minimum atomic E-state index is -3.55. The van der Waals surface area contributed by atoms with Crippen molar-refractivity contribution in [2.75, 3.05) is 19.5 Å². The van der Waals surface area contributed by atoms with Crippen LogP contribution in [0.4, 0.5) is 0 Å². The van der Waals surface area contributed by atoms with Gasteiger partial charge in [0.15, 0.2) is 11.5 Å². The molecular weight excluding hydrogens is 302 g/mol. The maximum absolute atomic E-state index is 11.1. The van der Waals surface area contributed by atoms with Crippen LogP contribution in [0.15, 0.2) is 18.2 Å². The summed E-state index contributed by atoms with van der Waals surface area (Å²) in [5, 5.41) is 8.80. The van der Waals surface area contributed by atoms with Gasteiger partial charge in [0, 0.05) is 22.7 Å². The Kier molecular flexibility index (Phi) is 6.11. The van der Waals surface area contributed by atoms with E-state index in [1.165, 1.54) is 7.11 Å². The number of benzene rings is 1. The van der Waals surface area contributed by atoms with E-state index in [-0.39, 0.29) is 18.3 Å². The lowest BCUT2D eigenvalue weighted by Gasteiger charge is -2.16. The Bertz CT molecular complexity index is 595. The average molecular weight is 318 g/mol. The van der Waals surface area contributed by atoms with Gasteiger partial charge in [-0.15, -0.1) is 0 Å². The van der Waals surface area contributed by atoms with E-state index in [0.29, 0.717) is 23.5 Å². The average Bonchev–Trinajstić information content (AvgIpc) is 2.41. The number of nitrogens with zero attached hydrogens (tertiary/aromatic N) is 1. The summed E-state index contributed by atoms with van der Waals surface area (Å²) >= 11 is 0. The predicted octanol–water partition coefficient (Wildman–Crippen LogP) is 2.54. The van der Waals surface area contributed by atoms with Crippen LogP contribution in [-0.4, -0.2) is 27.9 Å². The van der Waals surface area contributed by atoms with E-state index in [9.17, 15) is 8.42 Å². The van der Waals surface area contributed by atoms with E-state index >= 15 is 0 Å². The molecule has 0 N–H and O–H groups in total. The Morgan fingerprint density at radius 3 is 2.60 bits per heavy atom. The summed E-state index contributed by atoms with van der Waals surface area (Å²) in [6.45, 7) is 2.08. The quantitative estimate of drug-likeness (QED) is 0.722. The zero-order valence-corrected chi connectivity index (χ0v) is 12.9. The van der Waals surface area contributed by atoms with Gasteiger partial charge in [-0.2, -0.15) is 5.26 Å². The number of rotatable bonds is 7. The van der Waals surface area contributed by atoms with E-state index in [4.69, 9.17) is 25.4 Å². The zero-order chi connectivity index (χ0) is 15.2. The molecule has 0 amide bonds. The van der Waals surface area contributed by atoms with Crippen LogP contribution in [0.25, 0.3) is 0 Å². The third kappa shape index (κ3) is 5.27. The summed E-state index contributed by atoms with van der Waals surface area (Å²) in [4.78, 5) is 0. The van der Waals surface area contributed by atoms with Crippen molar-refractivity contribution >= 4 is 19.7 Å². The Morgan fingerprint density at radius 2 is 2.10 bits per heavy atom. The summed E-state index contributed by atoms with van der Waals surface area (Å²) in [5.41, 5.74) is 0.463. The van der Waals surface area contributed by atoms with Gasteiger partial charge in [-0.05, 0) is 18.6 Å². The Morgan fingerprint density at radius 1 is 1.40 bits per heavy atom. The molecule has 7 heteroatoms. The molecular formula is C13H16ClNO4S. The molecule has 5 nitrogen and oxygen atoms in total. The van der Waals surface area contributed by atoms with Crippen LogP contribution in [0, 0.1) is 17.2 Å². The normalized spacial score (nSPS) is 12.5. The summed E-state index contributed by atoms with van der Waals surface area (Å²) in [6.07, 6.45) is 0.630. The number of nitriles is 1. The van der Waals surface area contributed by atoms with Crippen molar-refractivity contribution in [2.24, 2.45) is 5.92 Å². The van der Waals surface area contributed by atoms with Gasteiger partial charge < -0.3 is 9.47 Å². The van der Waals surface area contributed by atoms with Crippen LogP contribution in [-0.2, 0) is 9.05 Å². The maximum Gasteiger partial charge on any atom is 0.232 e. The van der Waals surface area contributed by atoms with Crippen molar-refractivity contribution in [3.05, 3.63) is 23.8 Å². The molecule has 0 saturated heterocycles. The minimum absolute atomic E-state index is 0.135. The van der Waals surface area contributed by atoms with Crippen molar-refractivity contribution in [2.45, 2.75) is 13.3 Å². The molecule has 0 aromatic heterocycles. The second kappa shape index (κ2) is 7.36. The molecule has 1 atom stereocenters. The van der Waals surface area contributed by atoms with Gasteiger partial charge in [-0.1, -0.05) is 6.92 Å². The molecule has 1 unspecified atom stereocenters. The van der Waals surface area contributed by atoms with Gasteiger partial charge in [0.1, 0.15) is 0 Å². The van der Waals surface area contributed by atoms with E-state index in [0.717, 1.165) is 0 Å². The fourth-order valence-corrected chi connectivity index (χ4v) is 3.06. The molecule has 0 spiro atoms. The standard InChI is InChI=1S/C13H16ClNO4S/c1-3-10(9-20(14,16)17)8-19-12-5-4-11(7-15)6-13(12)18-2/h4-6,10H,3,8-9H2,1-2H3. The Hall–Kier alpha value is -1.45. The molecule has 110 valence electrons. The number of hydrogen-bond donors (Lipinski definition) is 0. The molecule has 0 aliphatic rings. The lowest BCUT2D eigenvalue weighted by Crippen LogP contribution is -2.19. The van der Waals surface area contributed by atoms with E-state index < -0.39 is 9.05 Å². The van der Waals surface area contributed by atoms with Crippen molar-refractivity contribution in [1.82, 2.24) is 0 Å².